The highest BCUT2D eigenvalue weighted by atomic mass is 35.5. The van der Waals surface area contributed by atoms with Crippen LogP contribution in [0.2, 0.25) is 5.02 Å². The minimum atomic E-state index is -4.09. The fraction of sp³-hybridized carbons (Fsp3) is 0.333. The van der Waals surface area contributed by atoms with Gasteiger partial charge in [-0.25, -0.2) is 8.42 Å². The molecule has 33 heavy (non-hydrogen) atoms. The third-order valence-corrected chi connectivity index (χ3v) is 7.99. The summed E-state index contributed by atoms with van der Waals surface area (Å²) < 4.78 is 29.7. The predicted octanol–water partition coefficient (Wildman–Crippen LogP) is 4.13. The van der Waals surface area contributed by atoms with Gasteiger partial charge in [0.15, 0.2) is 0 Å². The molecule has 1 aliphatic heterocycles. The first-order valence-electron chi connectivity index (χ1n) is 10.9. The van der Waals surface area contributed by atoms with E-state index in [2.05, 4.69) is 15.5 Å². The third-order valence-electron chi connectivity index (χ3n) is 5.85. The monoisotopic (exact) mass is 486 g/mol. The van der Waals surface area contributed by atoms with E-state index < -0.39 is 22.1 Å². The van der Waals surface area contributed by atoms with Crippen LogP contribution < -0.4 is 5.32 Å². The quantitative estimate of drug-likeness (QED) is 0.547. The molecule has 2 heterocycles. The molecule has 4 rings (SSSR count). The van der Waals surface area contributed by atoms with Gasteiger partial charge in [0.05, 0.1) is 17.1 Å². The van der Waals surface area contributed by atoms with E-state index in [4.69, 9.17) is 11.6 Å². The fourth-order valence-corrected chi connectivity index (χ4v) is 6.35. The predicted molar refractivity (Wildman–Crippen MR) is 127 cm³/mol. The molecule has 0 saturated carbocycles. The highest BCUT2D eigenvalue weighted by Gasteiger charge is 2.43. The lowest BCUT2D eigenvalue weighted by Crippen LogP contribution is -2.50. The first kappa shape index (κ1) is 23.5. The highest BCUT2D eigenvalue weighted by Crippen LogP contribution is 2.37. The lowest BCUT2D eigenvalue weighted by Gasteiger charge is -2.36. The molecule has 1 amide bonds. The zero-order valence-corrected chi connectivity index (χ0v) is 20.2. The number of hydrogen-bond acceptors (Lipinski definition) is 4. The van der Waals surface area contributed by atoms with Gasteiger partial charge in [0.2, 0.25) is 15.9 Å². The summed E-state index contributed by atoms with van der Waals surface area (Å²) in [7, 11) is -4.09. The number of halogens is 1. The van der Waals surface area contributed by atoms with E-state index in [-0.39, 0.29) is 10.8 Å². The van der Waals surface area contributed by atoms with E-state index in [9.17, 15) is 13.2 Å². The molecule has 1 saturated heterocycles. The van der Waals surface area contributed by atoms with E-state index in [1.54, 1.807) is 24.5 Å². The highest BCUT2D eigenvalue weighted by molar-refractivity contribution is 7.89. The van der Waals surface area contributed by atoms with E-state index in [1.807, 2.05) is 32.0 Å². The van der Waals surface area contributed by atoms with Gasteiger partial charge in [-0.2, -0.15) is 9.40 Å². The van der Waals surface area contributed by atoms with Gasteiger partial charge in [0, 0.05) is 23.3 Å². The Hall–Kier alpha value is -2.68. The van der Waals surface area contributed by atoms with Gasteiger partial charge in [-0.15, -0.1) is 0 Å². The molecule has 174 valence electrons. The van der Waals surface area contributed by atoms with Crippen molar-refractivity contribution < 1.29 is 13.2 Å². The Kier molecular flexibility index (Phi) is 6.88. The molecule has 1 aromatic heterocycles. The van der Waals surface area contributed by atoms with Crippen molar-refractivity contribution in [3.8, 4) is 0 Å². The molecule has 0 radical (unpaired) electrons. The number of aryl methyl sites for hydroxylation is 2. The number of aromatic nitrogens is 2. The van der Waals surface area contributed by atoms with Crippen molar-refractivity contribution >= 4 is 27.5 Å². The summed E-state index contributed by atoms with van der Waals surface area (Å²) in [4.78, 5) is 13.3. The molecular weight excluding hydrogens is 460 g/mol. The summed E-state index contributed by atoms with van der Waals surface area (Å²) >= 11 is 6.02. The summed E-state index contributed by atoms with van der Waals surface area (Å²) in [6.07, 6.45) is 5.26. The number of nitrogens with one attached hydrogen (secondary N) is 2. The van der Waals surface area contributed by atoms with Gasteiger partial charge in [-0.3, -0.25) is 9.89 Å². The molecule has 0 spiro atoms. The largest absolute Gasteiger partial charge is 0.355 e. The normalized spacial score (nSPS) is 18.1. The number of carbonyl (C=O) groups is 1. The summed E-state index contributed by atoms with van der Waals surface area (Å²) in [6, 6.07) is 10.4. The number of H-pyrrole nitrogens is 1. The molecule has 3 aromatic rings. The van der Waals surface area contributed by atoms with Crippen LogP contribution in [-0.2, 0) is 14.8 Å². The Morgan fingerprint density at radius 3 is 2.39 bits per heavy atom. The summed E-state index contributed by atoms with van der Waals surface area (Å²) in [5, 5.41) is 10.2. The van der Waals surface area contributed by atoms with Gasteiger partial charge in [0.25, 0.3) is 0 Å². The maximum Gasteiger partial charge on any atom is 0.244 e. The van der Waals surface area contributed by atoms with E-state index >= 15 is 0 Å². The fourth-order valence-electron chi connectivity index (χ4n) is 4.44. The first-order valence-corrected chi connectivity index (χ1v) is 12.7. The van der Waals surface area contributed by atoms with Crippen LogP contribution >= 0.6 is 11.6 Å². The number of nitrogens with zero attached hydrogens (tertiary/aromatic N) is 2. The standard InChI is InChI=1S/C24H27ClN4O3S/c1-16-11-17(2)13-18(12-16)23(19-14-27-28-15-19)29(22-5-3-4-10-26-24(22)30)33(31,32)21-8-6-20(25)7-9-21/h6-9,11-15,22-23H,3-5,10H2,1-2H3,(H,26,30)(H,27,28). The Balaban J connectivity index is 1.96. The van der Waals surface area contributed by atoms with Crippen molar-refractivity contribution in [2.45, 2.75) is 50.1 Å². The van der Waals surface area contributed by atoms with Crippen LogP contribution in [0.4, 0.5) is 0 Å². The van der Waals surface area contributed by atoms with Crippen LogP contribution in [0.1, 0.15) is 47.6 Å². The van der Waals surface area contributed by atoms with Crippen LogP contribution in [0.5, 0.6) is 0 Å². The molecule has 9 heteroatoms. The average molecular weight is 487 g/mol. The van der Waals surface area contributed by atoms with Gasteiger partial charge in [0.1, 0.15) is 6.04 Å². The second-order valence-electron chi connectivity index (χ2n) is 8.45. The van der Waals surface area contributed by atoms with Crippen LogP contribution in [0.3, 0.4) is 0 Å². The van der Waals surface area contributed by atoms with Crippen molar-refractivity contribution in [3.63, 3.8) is 0 Å². The Morgan fingerprint density at radius 2 is 1.76 bits per heavy atom. The Morgan fingerprint density at radius 1 is 1.06 bits per heavy atom. The molecule has 2 N–H and O–H groups in total. The van der Waals surface area contributed by atoms with Crippen LogP contribution in [0, 0.1) is 13.8 Å². The van der Waals surface area contributed by atoms with Gasteiger partial charge >= 0.3 is 0 Å². The number of sulfonamides is 1. The zero-order valence-electron chi connectivity index (χ0n) is 18.6. The van der Waals surface area contributed by atoms with Gasteiger partial charge < -0.3 is 5.32 Å². The van der Waals surface area contributed by atoms with Crippen LogP contribution in [-0.4, -0.2) is 41.4 Å². The van der Waals surface area contributed by atoms with Gasteiger partial charge in [-0.1, -0.05) is 40.9 Å². The Bertz CT molecular complexity index is 1210. The van der Waals surface area contributed by atoms with E-state index in [0.717, 1.165) is 29.5 Å². The second-order valence-corrected chi connectivity index (χ2v) is 10.7. The Labute approximate surface area is 199 Å². The molecular formula is C24H27ClN4O3S. The lowest BCUT2D eigenvalue weighted by molar-refractivity contribution is -0.124. The number of aromatic amines is 1. The van der Waals surface area contributed by atoms with E-state index in [1.165, 1.54) is 16.4 Å². The number of amides is 1. The molecule has 1 aliphatic rings. The first-order chi connectivity index (χ1) is 15.8. The van der Waals surface area contributed by atoms with Crippen molar-refractivity contribution in [3.05, 3.63) is 82.1 Å². The zero-order chi connectivity index (χ0) is 23.6. The molecule has 0 aliphatic carbocycles. The topological polar surface area (TPSA) is 95.2 Å². The molecule has 7 nitrogen and oxygen atoms in total. The maximum absolute atomic E-state index is 14.2. The minimum Gasteiger partial charge on any atom is -0.355 e. The average Bonchev–Trinajstić information content (AvgIpc) is 3.20. The summed E-state index contributed by atoms with van der Waals surface area (Å²) in [6.45, 7) is 4.47. The SMILES string of the molecule is Cc1cc(C)cc(C(c2cn[nH]c2)N(C2CCCCNC2=O)S(=O)(=O)c2ccc(Cl)cc2)c1. The number of carbonyl (C=O) groups excluding carboxylic acids is 1. The van der Waals surface area contributed by atoms with Crippen molar-refractivity contribution in [2.24, 2.45) is 0 Å². The number of benzene rings is 2. The van der Waals surface area contributed by atoms with Crippen LogP contribution in [0.25, 0.3) is 0 Å². The lowest BCUT2D eigenvalue weighted by atomic mass is 9.96. The summed E-state index contributed by atoms with van der Waals surface area (Å²) in [5.41, 5.74) is 3.46. The maximum atomic E-state index is 14.2. The smallest absolute Gasteiger partial charge is 0.244 e. The van der Waals surface area contributed by atoms with Gasteiger partial charge in [-0.05, 0) is 62.9 Å². The number of hydrogen-bond donors (Lipinski definition) is 2. The second kappa shape index (κ2) is 9.67. The minimum absolute atomic E-state index is 0.0850. The van der Waals surface area contributed by atoms with Crippen LogP contribution in [0.15, 0.2) is 59.8 Å². The molecule has 0 bridgehead atoms. The van der Waals surface area contributed by atoms with E-state index in [0.29, 0.717) is 23.6 Å². The molecule has 2 aromatic carbocycles. The number of rotatable bonds is 6. The molecule has 2 unspecified atom stereocenters. The van der Waals surface area contributed by atoms with Crippen molar-refractivity contribution in [1.82, 2.24) is 19.8 Å². The van der Waals surface area contributed by atoms with Crippen molar-refractivity contribution in [1.29, 1.82) is 0 Å². The molecule has 1 fully saturated rings. The third kappa shape index (κ3) is 4.98. The van der Waals surface area contributed by atoms with Crippen molar-refractivity contribution in [2.75, 3.05) is 6.54 Å². The summed E-state index contributed by atoms with van der Waals surface area (Å²) in [5.74, 6) is -0.289. The molecule has 2 atom stereocenters.